The standard InChI is InChI=1S/C19H14F2N4O3S/c1-11-9-24-18(29-19(20,21)17(28)23-10-16(26)27)25(11)15-7-6-12(8-22)13-4-2-3-5-14(13)15/h2-7,9H,10H2,1H3,(H,23,28)(H,26,27). The van der Waals surface area contributed by atoms with Gasteiger partial charge in [-0.25, -0.2) is 4.98 Å². The average Bonchev–Trinajstić information content (AvgIpc) is 3.04. The molecule has 0 unspecified atom stereocenters. The summed E-state index contributed by atoms with van der Waals surface area (Å²) in [5.74, 6) is -3.15. The van der Waals surface area contributed by atoms with E-state index in [0.717, 1.165) is 0 Å². The van der Waals surface area contributed by atoms with E-state index in [2.05, 4.69) is 11.1 Å². The van der Waals surface area contributed by atoms with Crippen molar-refractivity contribution < 1.29 is 23.5 Å². The number of hydrogen-bond acceptors (Lipinski definition) is 5. The topological polar surface area (TPSA) is 108 Å². The summed E-state index contributed by atoms with van der Waals surface area (Å²) >= 11 is -0.0850. The molecule has 7 nitrogen and oxygen atoms in total. The van der Waals surface area contributed by atoms with Gasteiger partial charge in [-0.2, -0.15) is 14.0 Å². The number of hydrogen-bond donors (Lipinski definition) is 2. The van der Waals surface area contributed by atoms with Crippen LogP contribution in [0, 0.1) is 18.3 Å². The molecule has 148 valence electrons. The number of carbonyl (C=O) groups excluding carboxylic acids is 1. The Morgan fingerprint density at radius 3 is 2.62 bits per heavy atom. The molecule has 3 aromatic rings. The van der Waals surface area contributed by atoms with Crippen molar-refractivity contribution in [3.05, 3.63) is 53.9 Å². The van der Waals surface area contributed by atoms with Crippen LogP contribution in [0.1, 0.15) is 11.3 Å². The number of halogens is 2. The van der Waals surface area contributed by atoms with E-state index in [9.17, 15) is 23.6 Å². The summed E-state index contributed by atoms with van der Waals surface area (Å²) in [7, 11) is 0. The number of nitrogens with one attached hydrogen (secondary N) is 1. The number of carbonyl (C=O) groups is 2. The van der Waals surface area contributed by atoms with Crippen molar-refractivity contribution >= 4 is 34.4 Å². The number of nitriles is 1. The van der Waals surface area contributed by atoms with Crippen LogP contribution in [-0.4, -0.2) is 38.3 Å². The Morgan fingerprint density at radius 2 is 1.97 bits per heavy atom. The predicted molar refractivity (Wildman–Crippen MR) is 102 cm³/mol. The van der Waals surface area contributed by atoms with Gasteiger partial charge in [-0.1, -0.05) is 24.3 Å². The van der Waals surface area contributed by atoms with Crippen molar-refractivity contribution in [2.75, 3.05) is 6.54 Å². The molecule has 0 aliphatic heterocycles. The lowest BCUT2D eigenvalue weighted by Gasteiger charge is -2.17. The quantitative estimate of drug-likeness (QED) is 0.598. The van der Waals surface area contributed by atoms with Crippen molar-refractivity contribution in [3.63, 3.8) is 0 Å². The average molecular weight is 416 g/mol. The number of carboxylic acid groups (broad SMARTS) is 1. The first-order valence-electron chi connectivity index (χ1n) is 8.28. The number of alkyl halides is 2. The van der Waals surface area contributed by atoms with Crippen molar-refractivity contribution in [1.29, 1.82) is 5.26 Å². The second kappa shape index (κ2) is 7.89. The lowest BCUT2D eigenvalue weighted by atomic mass is 10.0. The number of aryl methyl sites for hydroxylation is 1. The normalized spacial score (nSPS) is 11.2. The first-order valence-corrected chi connectivity index (χ1v) is 9.09. The Labute approximate surface area is 168 Å². The van der Waals surface area contributed by atoms with Crippen molar-refractivity contribution in [2.45, 2.75) is 17.3 Å². The lowest BCUT2D eigenvalue weighted by Crippen LogP contribution is -2.40. The zero-order valence-corrected chi connectivity index (χ0v) is 15.8. The van der Waals surface area contributed by atoms with Gasteiger partial charge in [0.05, 0.1) is 17.3 Å². The zero-order valence-electron chi connectivity index (χ0n) is 15.0. The molecular weight excluding hydrogens is 402 g/mol. The second-order valence-corrected chi connectivity index (χ2v) is 7.08. The number of imidazole rings is 1. The van der Waals surface area contributed by atoms with Crippen LogP contribution in [0.3, 0.4) is 0 Å². The van der Waals surface area contributed by atoms with E-state index in [1.807, 2.05) is 0 Å². The number of aliphatic carboxylic acids is 1. The van der Waals surface area contributed by atoms with Gasteiger partial charge in [0.25, 0.3) is 0 Å². The van der Waals surface area contributed by atoms with E-state index < -0.39 is 23.7 Å². The Bertz CT molecular complexity index is 1150. The van der Waals surface area contributed by atoms with E-state index in [1.165, 1.54) is 10.8 Å². The largest absolute Gasteiger partial charge is 0.480 e. The smallest absolute Gasteiger partial charge is 0.377 e. The van der Waals surface area contributed by atoms with Gasteiger partial charge >= 0.3 is 17.1 Å². The third-order valence-corrected chi connectivity index (χ3v) is 4.96. The summed E-state index contributed by atoms with van der Waals surface area (Å²) in [5.41, 5.74) is 1.51. The number of carboxylic acids is 1. The van der Waals surface area contributed by atoms with E-state index in [0.29, 0.717) is 27.7 Å². The van der Waals surface area contributed by atoms with Crippen LogP contribution in [0.2, 0.25) is 0 Å². The monoisotopic (exact) mass is 416 g/mol. The summed E-state index contributed by atoms with van der Waals surface area (Å²) in [6.45, 7) is 0.759. The third kappa shape index (κ3) is 4.05. The van der Waals surface area contributed by atoms with Gasteiger partial charge in [0, 0.05) is 22.7 Å². The van der Waals surface area contributed by atoms with Gasteiger partial charge in [0.15, 0.2) is 5.16 Å². The fourth-order valence-electron chi connectivity index (χ4n) is 2.78. The minimum atomic E-state index is -3.94. The predicted octanol–water partition coefficient (Wildman–Crippen LogP) is 3.09. The molecule has 2 aromatic carbocycles. The molecule has 3 rings (SSSR count). The number of fused-ring (bicyclic) bond motifs is 1. The van der Waals surface area contributed by atoms with E-state index in [1.54, 1.807) is 48.6 Å². The number of nitrogens with zero attached hydrogens (tertiary/aromatic N) is 3. The molecule has 0 saturated carbocycles. The van der Waals surface area contributed by atoms with E-state index >= 15 is 0 Å². The molecule has 0 saturated heterocycles. The Morgan fingerprint density at radius 1 is 1.28 bits per heavy atom. The van der Waals surface area contributed by atoms with Crippen LogP contribution < -0.4 is 5.32 Å². The lowest BCUT2D eigenvalue weighted by molar-refractivity contribution is -0.141. The minimum absolute atomic E-state index is 0.0850. The van der Waals surface area contributed by atoms with Crippen LogP contribution in [-0.2, 0) is 9.59 Å². The van der Waals surface area contributed by atoms with Crippen LogP contribution in [0.5, 0.6) is 0 Å². The number of rotatable bonds is 6. The maximum Gasteiger partial charge on any atom is 0.377 e. The Balaban J connectivity index is 2.04. The van der Waals surface area contributed by atoms with Gasteiger partial charge in [-0.15, -0.1) is 0 Å². The van der Waals surface area contributed by atoms with Crippen LogP contribution >= 0.6 is 11.8 Å². The van der Waals surface area contributed by atoms with Crippen molar-refractivity contribution in [3.8, 4) is 11.8 Å². The number of benzene rings is 2. The zero-order chi connectivity index (χ0) is 21.2. The number of amides is 1. The van der Waals surface area contributed by atoms with Crippen LogP contribution in [0.15, 0.2) is 47.8 Å². The molecule has 1 amide bonds. The molecule has 0 atom stereocenters. The number of aromatic nitrogens is 2. The van der Waals surface area contributed by atoms with Crippen LogP contribution in [0.4, 0.5) is 8.78 Å². The SMILES string of the molecule is Cc1cnc(SC(F)(F)C(=O)NCC(=O)O)n1-c1ccc(C#N)c2ccccc12. The summed E-state index contributed by atoms with van der Waals surface area (Å²) in [6, 6.07) is 12.4. The molecule has 0 radical (unpaired) electrons. The highest BCUT2D eigenvalue weighted by Crippen LogP contribution is 2.38. The molecule has 0 fully saturated rings. The van der Waals surface area contributed by atoms with Gasteiger partial charge in [0.1, 0.15) is 6.54 Å². The summed E-state index contributed by atoms with van der Waals surface area (Å²) in [5, 5.41) is 16.8. The molecule has 1 aromatic heterocycles. The molecule has 0 aliphatic rings. The van der Waals surface area contributed by atoms with Gasteiger partial charge in [-0.3, -0.25) is 14.2 Å². The Hall–Kier alpha value is -3.45. The van der Waals surface area contributed by atoms with Gasteiger partial charge in [0.2, 0.25) is 0 Å². The molecule has 1 heterocycles. The fourth-order valence-corrected chi connectivity index (χ4v) is 3.61. The molecule has 0 aliphatic carbocycles. The molecule has 0 bridgehead atoms. The summed E-state index contributed by atoms with van der Waals surface area (Å²) in [4.78, 5) is 26.2. The molecule has 2 N–H and O–H groups in total. The summed E-state index contributed by atoms with van der Waals surface area (Å²) in [6.07, 6.45) is 1.39. The second-order valence-electron chi connectivity index (χ2n) is 6.00. The van der Waals surface area contributed by atoms with Crippen molar-refractivity contribution in [1.82, 2.24) is 14.9 Å². The van der Waals surface area contributed by atoms with Gasteiger partial charge in [-0.05, 0) is 30.8 Å². The highest BCUT2D eigenvalue weighted by molar-refractivity contribution is 8.00. The molecular formula is C19H14F2N4O3S. The first kappa shape index (κ1) is 20.3. The highest BCUT2D eigenvalue weighted by atomic mass is 32.2. The minimum Gasteiger partial charge on any atom is -0.480 e. The van der Waals surface area contributed by atoms with Crippen molar-refractivity contribution in [2.24, 2.45) is 0 Å². The Kier molecular flexibility index (Phi) is 5.52. The molecule has 0 spiro atoms. The number of thioether (sulfide) groups is 1. The maximum absolute atomic E-state index is 14.4. The fraction of sp³-hybridized carbons (Fsp3) is 0.158. The first-order chi connectivity index (χ1) is 13.7. The van der Waals surface area contributed by atoms with Gasteiger partial charge < -0.3 is 10.4 Å². The third-order valence-electron chi connectivity index (χ3n) is 4.05. The van der Waals surface area contributed by atoms with Crippen LogP contribution in [0.25, 0.3) is 16.5 Å². The maximum atomic E-state index is 14.4. The van der Waals surface area contributed by atoms with E-state index in [-0.39, 0.29) is 16.9 Å². The summed E-state index contributed by atoms with van der Waals surface area (Å²) < 4.78 is 30.2. The molecule has 29 heavy (non-hydrogen) atoms. The van der Waals surface area contributed by atoms with E-state index in [4.69, 9.17) is 5.11 Å². The highest BCUT2D eigenvalue weighted by Gasteiger charge is 2.42. The molecule has 10 heteroatoms.